The Morgan fingerprint density at radius 1 is 1.38 bits per heavy atom. The van der Waals surface area contributed by atoms with Gasteiger partial charge in [0.25, 0.3) is 0 Å². The number of hydrogen-bond donors (Lipinski definition) is 2. The molecule has 0 saturated heterocycles. The molecule has 2 rings (SSSR count). The molecule has 3 N–H and O–H groups in total. The van der Waals surface area contributed by atoms with E-state index in [9.17, 15) is 0 Å². The summed E-state index contributed by atoms with van der Waals surface area (Å²) < 4.78 is 0. The zero-order valence-corrected chi connectivity index (χ0v) is 10.0. The summed E-state index contributed by atoms with van der Waals surface area (Å²) in [5, 5.41) is 1.11. The van der Waals surface area contributed by atoms with E-state index in [0.29, 0.717) is 12.5 Å². The predicted molar refractivity (Wildman–Crippen MR) is 65.1 cm³/mol. The maximum atomic E-state index is 5.72. The summed E-state index contributed by atoms with van der Waals surface area (Å²) in [6.07, 6.45) is 2.90. The first-order chi connectivity index (χ1) is 7.61. The lowest BCUT2D eigenvalue weighted by atomic mass is 10.0. The standard InChI is InChI=1S/C12H18N4/c1-7(2)4-10-11-9(5-13)6-14-12(11)16-8(3)15-10/h6-7H,4-5,13H2,1-3H3,(H,14,15,16). The first-order valence-corrected chi connectivity index (χ1v) is 5.65. The fourth-order valence-corrected chi connectivity index (χ4v) is 2.00. The average Bonchev–Trinajstić information content (AvgIpc) is 2.59. The van der Waals surface area contributed by atoms with E-state index in [1.807, 2.05) is 13.1 Å². The van der Waals surface area contributed by atoms with Crippen LogP contribution in [0.25, 0.3) is 11.0 Å². The van der Waals surface area contributed by atoms with Gasteiger partial charge in [0.2, 0.25) is 0 Å². The molecule has 0 spiro atoms. The highest BCUT2D eigenvalue weighted by molar-refractivity contribution is 5.82. The topological polar surface area (TPSA) is 67.6 Å². The van der Waals surface area contributed by atoms with Gasteiger partial charge >= 0.3 is 0 Å². The van der Waals surface area contributed by atoms with Crippen LogP contribution in [-0.2, 0) is 13.0 Å². The lowest BCUT2D eigenvalue weighted by Crippen LogP contribution is -2.04. The van der Waals surface area contributed by atoms with Crippen molar-refractivity contribution in [2.75, 3.05) is 0 Å². The molecule has 0 aliphatic heterocycles. The summed E-state index contributed by atoms with van der Waals surface area (Å²) in [6, 6.07) is 0. The van der Waals surface area contributed by atoms with E-state index in [0.717, 1.165) is 34.5 Å². The van der Waals surface area contributed by atoms with Gasteiger partial charge in [0.15, 0.2) is 0 Å². The molecule has 86 valence electrons. The predicted octanol–water partition coefficient (Wildman–Crippen LogP) is 1.92. The number of nitrogens with zero attached hydrogens (tertiary/aromatic N) is 2. The highest BCUT2D eigenvalue weighted by Gasteiger charge is 2.12. The molecule has 0 radical (unpaired) electrons. The SMILES string of the molecule is Cc1nc(CC(C)C)c2c(CN)c[nH]c2n1. The van der Waals surface area contributed by atoms with Crippen LogP contribution in [0.4, 0.5) is 0 Å². The van der Waals surface area contributed by atoms with Crippen molar-refractivity contribution >= 4 is 11.0 Å². The van der Waals surface area contributed by atoms with E-state index >= 15 is 0 Å². The molecule has 0 aromatic carbocycles. The van der Waals surface area contributed by atoms with Crippen LogP contribution in [0.5, 0.6) is 0 Å². The minimum Gasteiger partial charge on any atom is -0.346 e. The van der Waals surface area contributed by atoms with Gasteiger partial charge in [-0.2, -0.15) is 0 Å². The minimum atomic E-state index is 0.525. The average molecular weight is 218 g/mol. The molecule has 0 fully saturated rings. The lowest BCUT2D eigenvalue weighted by Gasteiger charge is -2.07. The Kier molecular flexibility index (Phi) is 2.92. The Morgan fingerprint density at radius 3 is 2.75 bits per heavy atom. The molecular weight excluding hydrogens is 200 g/mol. The Hall–Kier alpha value is -1.42. The molecule has 0 bridgehead atoms. The monoisotopic (exact) mass is 218 g/mol. The van der Waals surface area contributed by atoms with Crippen LogP contribution in [0.1, 0.15) is 30.9 Å². The number of hydrogen-bond acceptors (Lipinski definition) is 3. The molecule has 2 aromatic heterocycles. The van der Waals surface area contributed by atoms with E-state index in [1.54, 1.807) is 0 Å². The second-order valence-electron chi connectivity index (χ2n) is 4.56. The third-order valence-corrected chi connectivity index (χ3v) is 2.62. The molecular formula is C12H18N4. The number of H-pyrrole nitrogens is 1. The third kappa shape index (κ3) is 1.93. The van der Waals surface area contributed by atoms with E-state index < -0.39 is 0 Å². The summed E-state index contributed by atoms with van der Waals surface area (Å²) in [5.41, 5.74) is 8.84. The van der Waals surface area contributed by atoms with Crippen molar-refractivity contribution in [3.63, 3.8) is 0 Å². The summed E-state index contributed by atoms with van der Waals surface area (Å²) in [6.45, 7) is 6.83. The zero-order valence-electron chi connectivity index (χ0n) is 10.0. The van der Waals surface area contributed by atoms with Crippen LogP contribution in [0.3, 0.4) is 0 Å². The molecule has 16 heavy (non-hydrogen) atoms. The molecule has 2 heterocycles. The van der Waals surface area contributed by atoms with Crippen LogP contribution >= 0.6 is 0 Å². The molecule has 0 unspecified atom stereocenters. The molecule has 4 heteroatoms. The van der Waals surface area contributed by atoms with Gasteiger partial charge in [-0.3, -0.25) is 0 Å². The normalized spacial score (nSPS) is 11.6. The molecule has 0 atom stereocenters. The highest BCUT2D eigenvalue weighted by Crippen LogP contribution is 2.22. The number of aromatic nitrogens is 3. The van der Waals surface area contributed by atoms with E-state index in [-0.39, 0.29) is 0 Å². The van der Waals surface area contributed by atoms with Crippen molar-refractivity contribution < 1.29 is 0 Å². The second kappa shape index (κ2) is 4.22. The smallest absolute Gasteiger partial charge is 0.141 e. The fourth-order valence-electron chi connectivity index (χ4n) is 2.00. The van der Waals surface area contributed by atoms with Gasteiger partial charge in [0.05, 0.1) is 5.69 Å². The van der Waals surface area contributed by atoms with Crippen LogP contribution in [-0.4, -0.2) is 15.0 Å². The van der Waals surface area contributed by atoms with Crippen LogP contribution < -0.4 is 5.73 Å². The van der Waals surface area contributed by atoms with Crippen molar-refractivity contribution in [1.29, 1.82) is 0 Å². The summed E-state index contributed by atoms with van der Waals surface area (Å²) in [4.78, 5) is 12.1. The maximum absolute atomic E-state index is 5.72. The van der Waals surface area contributed by atoms with Gasteiger partial charge in [-0.25, -0.2) is 9.97 Å². The minimum absolute atomic E-state index is 0.525. The largest absolute Gasteiger partial charge is 0.346 e. The molecule has 0 aliphatic carbocycles. The molecule has 0 aliphatic rings. The number of aromatic amines is 1. The zero-order chi connectivity index (χ0) is 11.7. The Balaban J connectivity index is 2.63. The number of nitrogens with two attached hydrogens (primary N) is 1. The van der Waals surface area contributed by atoms with Crippen molar-refractivity contribution in [3.05, 3.63) is 23.3 Å². The number of rotatable bonds is 3. The second-order valence-corrected chi connectivity index (χ2v) is 4.56. The lowest BCUT2D eigenvalue weighted by molar-refractivity contribution is 0.636. The van der Waals surface area contributed by atoms with Crippen molar-refractivity contribution in [2.45, 2.75) is 33.7 Å². The van der Waals surface area contributed by atoms with Crippen molar-refractivity contribution in [2.24, 2.45) is 11.7 Å². The fraction of sp³-hybridized carbons (Fsp3) is 0.500. The Morgan fingerprint density at radius 2 is 2.12 bits per heavy atom. The highest BCUT2D eigenvalue weighted by atomic mass is 14.9. The van der Waals surface area contributed by atoms with Crippen molar-refractivity contribution in [3.8, 4) is 0 Å². The van der Waals surface area contributed by atoms with Crippen molar-refractivity contribution in [1.82, 2.24) is 15.0 Å². The van der Waals surface area contributed by atoms with Crippen LogP contribution in [0.15, 0.2) is 6.20 Å². The van der Waals surface area contributed by atoms with Gasteiger partial charge in [-0.05, 0) is 24.8 Å². The molecule has 0 saturated carbocycles. The van der Waals surface area contributed by atoms with Crippen LogP contribution in [0.2, 0.25) is 0 Å². The Bertz CT molecular complexity index is 499. The van der Waals surface area contributed by atoms with Crippen LogP contribution in [0, 0.1) is 12.8 Å². The van der Waals surface area contributed by atoms with Gasteiger partial charge < -0.3 is 10.7 Å². The summed E-state index contributed by atoms with van der Waals surface area (Å²) >= 11 is 0. The summed E-state index contributed by atoms with van der Waals surface area (Å²) in [5.74, 6) is 1.39. The van der Waals surface area contributed by atoms with Gasteiger partial charge in [0, 0.05) is 18.1 Å². The summed E-state index contributed by atoms with van der Waals surface area (Å²) in [7, 11) is 0. The number of nitrogens with one attached hydrogen (secondary N) is 1. The van der Waals surface area contributed by atoms with Gasteiger partial charge in [-0.1, -0.05) is 13.8 Å². The molecule has 0 amide bonds. The third-order valence-electron chi connectivity index (χ3n) is 2.62. The quantitative estimate of drug-likeness (QED) is 0.827. The van der Waals surface area contributed by atoms with Gasteiger partial charge in [0.1, 0.15) is 11.5 Å². The Labute approximate surface area is 95.3 Å². The van der Waals surface area contributed by atoms with E-state index in [4.69, 9.17) is 5.73 Å². The number of aryl methyl sites for hydroxylation is 1. The van der Waals surface area contributed by atoms with E-state index in [1.165, 1.54) is 0 Å². The molecule has 2 aromatic rings. The first kappa shape index (κ1) is 11.1. The van der Waals surface area contributed by atoms with E-state index in [2.05, 4.69) is 28.8 Å². The van der Waals surface area contributed by atoms with Gasteiger partial charge in [-0.15, -0.1) is 0 Å². The maximum Gasteiger partial charge on any atom is 0.141 e. The molecule has 4 nitrogen and oxygen atoms in total. The first-order valence-electron chi connectivity index (χ1n) is 5.65. The number of fused-ring (bicyclic) bond motifs is 1.